The van der Waals surface area contributed by atoms with E-state index in [-0.39, 0.29) is 20.7 Å². The SMILES string of the molecule is COCCCNC(=O)c1ccccc1NS(=O)(=O)c1nnc(NC(=O)c2ccccc2)s1. The monoisotopic (exact) mass is 475 g/mol. The van der Waals surface area contributed by atoms with E-state index < -0.39 is 21.8 Å². The molecule has 2 amide bonds. The molecule has 32 heavy (non-hydrogen) atoms. The lowest BCUT2D eigenvalue weighted by Crippen LogP contribution is -2.26. The van der Waals surface area contributed by atoms with Crippen LogP contribution in [0.3, 0.4) is 0 Å². The number of ether oxygens (including phenoxy) is 1. The normalized spacial score (nSPS) is 11.0. The molecule has 3 aromatic rings. The van der Waals surface area contributed by atoms with E-state index in [1.807, 2.05) is 0 Å². The molecule has 1 aromatic heterocycles. The molecule has 10 nitrogen and oxygen atoms in total. The number of hydrogen-bond donors (Lipinski definition) is 3. The quantitative estimate of drug-likeness (QED) is 0.302. The van der Waals surface area contributed by atoms with Crippen LogP contribution in [0.1, 0.15) is 27.1 Å². The molecule has 3 rings (SSSR count). The Balaban J connectivity index is 1.71. The van der Waals surface area contributed by atoms with Crippen LogP contribution < -0.4 is 15.4 Å². The van der Waals surface area contributed by atoms with Gasteiger partial charge in [-0.1, -0.05) is 41.7 Å². The fraction of sp³-hybridized carbons (Fsp3) is 0.200. The Morgan fingerprint density at radius 2 is 1.72 bits per heavy atom. The number of nitrogens with one attached hydrogen (secondary N) is 3. The van der Waals surface area contributed by atoms with Crippen LogP contribution in [0.5, 0.6) is 0 Å². The van der Waals surface area contributed by atoms with E-state index in [0.29, 0.717) is 36.5 Å². The van der Waals surface area contributed by atoms with Crippen LogP contribution in [0.25, 0.3) is 0 Å². The smallest absolute Gasteiger partial charge is 0.291 e. The lowest BCUT2D eigenvalue weighted by atomic mass is 10.1. The van der Waals surface area contributed by atoms with Crippen molar-refractivity contribution in [3.05, 3.63) is 65.7 Å². The van der Waals surface area contributed by atoms with Crippen LogP contribution in [0.4, 0.5) is 10.8 Å². The molecule has 0 saturated heterocycles. The third kappa shape index (κ3) is 6.09. The molecule has 0 atom stereocenters. The summed E-state index contributed by atoms with van der Waals surface area (Å²) in [4.78, 5) is 24.7. The van der Waals surface area contributed by atoms with Crippen molar-refractivity contribution in [1.82, 2.24) is 15.5 Å². The second kappa shape index (κ2) is 10.8. The van der Waals surface area contributed by atoms with Gasteiger partial charge < -0.3 is 10.1 Å². The second-order valence-corrected chi connectivity index (χ2v) is 9.28. The predicted molar refractivity (Wildman–Crippen MR) is 120 cm³/mol. The van der Waals surface area contributed by atoms with Gasteiger partial charge in [-0.15, -0.1) is 10.2 Å². The first-order valence-electron chi connectivity index (χ1n) is 9.49. The van der Waals surface area contributed by atoms with Crippen molar-refractivity contribution in [2.75, 3.05) is 30.3 Å². The number of hydrogen-bond acceptors (Lipinski definition) is 8. The summed E-state index contributed by atoms with van der Waals surface area (Å²) in [5, 5.41) is 12.7. The van der Waals surface area contributed by atoms with Gasteiger partial charge >= 0.3 is 0 Å². The van der Waals surface area contributed by atoms with Crippen molar-refractivity contribution in [2.45, 2.75) is 10.8 Å². The van der Waals surface area contributed by atoms with E-state index in [4.69, 9.17) is 4.74 Å². The number of anilines is 2. The van der Waals surface area contributed by atoms with Crippen LogP contribution in [0.2, 0.25) is 0 Å². The maximum atomic E-state index is 12.8. The molecule has 0 aliphatic heterocycles. The summed E-state index contributed by atoms with van der Waals surface area (Å²) >= 11 is 0.697. The summed E-state index contributed by atoms with van der Waals surface area (Å²) in [6, 6.07) is 14.6. The van der Waals surface area contributed by atoms with Gasteiger partial charge in [0.15, 0.2) is 0 Å². The summed E-state index contributed by atoms with van der Waals surface area (Å²) < 4.78 is 32.5. The summed E-state index contributed by atoms with van der Waals surface area (Å²) in [6.45, 7) is 0.878. The number of aromatic nitrogens is 2. The van der Waals surface area contributed by atoms with Crippen LogP contribution in [0.15, 0.2) is 58.9 Å². The number of para-hydroxylation sites is 1. The van der Waals surface area contributed by atoms with E-state index >= 15 is 0 Å². The van der Waals surface area contributed by atoms with Gasteiger partial charge in [-0.05, 0) is 30.7 Å². The highest BCUT2D eigenvalue weighted by Crippen LogP contribution is 2.24. The highest BCUT2D eigenvalue weighted by atomic mass is 32.2. The standard InChI is InChI=1S/C20H21N5O5S2/c1-30-13-7-12-21-18(27)15-10-5-6-11-16(15)25-32(28,29)20-24-23-19(31-20)22-17(26)14-8-3-2-4-9-14/h2-6,8-11,25H,7,12-13H2,1H3,(H,21,27)(H,22,23,26). The van der Waals surface area contributed by atoms with Crippen molar-refractivity contribution in [1.29, 1.82) is 0 Å². The van der Waals surface area contributed by atoms with Crippen LogP contribution in [-0.4, -0.2) is 50.7 Å². The Kier molecular flexibility index (Phi) is 7.87. The maximum absolute atomic E-state index is 12.8. The zero-order valence-electron chi connectivity index (χ0n) is 17.1. The minimum Gasteiger partial charge on any atom is -0.385 e. The molecule has 0 aliphatic rings. The molecule has 168 valence electrons. The topological polar surface area (TPSA) is 139 Å². The zero-order chi connectivity index (χ0) is 23.0. The largest absolute Gasteiger partial charge is 0.385 e. The number of rotatable bonds is 10. The lowest BCUT2D eigenvalue weighted by molar-refractivity contribution is 0.0948. The van der Waals surface area contributed by atoms with Gasteiger partial charge in [0.25, 0.3) is 26.2 Å². The number of carbonyl (C=O) groups excluding carboxylic acids is 2. The number of carbonyl (C=O) groups is 2. The minimum absolute atomic E-state index is 0.0309. The number of nitrogens with zero attached hydrogens (tertiary/aromatic N) is 2. The number of amides is 2. The van der Waals surface area contributed by atoms with Gasteiger partial charge in [0.2, 0.25) is 5.13 Å². The average Bonchev–Trinajstić information content (AvgIpc) is 3.27. The van der Waals surface area contributed by atoms with E-state index in [9.17, 15) is 18.0 Å². The van der Waals surface area contributed by atoms with Crippen molar-refractivity contribution in [3.63, 3.8) is 0 Å². The van der Waals surface area contributed by atoms with Gasteiger partial charge in [-0.2, -0.15) is 8.42 Å². The van der Waals surface area contributed by atoms with Crippen LogP contribution >= 0.6 is 11.3 Å². The Morgan fingerprint density at radius 1 is 1.00 bits per heavy atom. The van der Waals surface area contributed by atoms with E-state index in [0.717, 1.165) is 0 Å². The van der Waals surface area contributed by atoms with Gasteiger partial charge in [0.05, 0.1) is 11.3 Å². The first-order valence-corrected chi connectivity index (χ1v) is 11.8. The molecule has 0 aliphatic carbocycles. The van der Waals surface area contributed by atoms with E-state index in [2.05, 4.69) is 25.6 Å². The van der Waals surface area contributed by atoms with Crippen LogP contribution in [-0.2, 0) is 14.8 Å². The van der Waals surface area contributed by atoms with Crippen molar-refractivity contribution in [2.24, 2.45) is 0 Å². The van der Waals surface area contributed by atoms with Gasteiger partial charge in [0.1, 0.15) is 0 Å². The lowest BCUT2D eigenvalue weighted by Gasteiger charge is -2.11. The van der Waals surface area contributed by atoms with E-state index in [1.54, 1.807) is 49.6 Å². The Morgan fingerprint density at radius 3 is 2.47 bits per heavy atom. The maximum Gasteiger partial charge on any atom is 0.291 e. The minimum atomic E-state index is -4.13. The van der Waals surface area contributed by atoms with Gasteiger partial charge in [-0.3, -0.25) is 19.6 Å². The molecule has 0 fully saturated rings. The molecular weight excluding hydrogens is 454 g/mol. The highest BCUT2D eigenvalue weighted by Gasteiger charge is 2.23. The number of methoxy groups -OCH3 is 1. The summed E-state index contributed by atoms with van der Waals surface area (Å²) in [5.74, 6) is -0.860. The summed E-state index contributed by atoms with van der Waals surface area (Å²) in [5.41, 5.74) is 0.660. The van der Waals surface area contributed by atoms with Crippen molar-refractivity contribution in [3.8, 4) is 0 Å². The molecule has 0 bridgehead atoms. The first kappa shape index (κ1) is 23.3. The second-order valence-electron chi connectivity index (χ2n) is 6.45. The van der Waals surface area contributed by atoms with Crippen LogP contribution in [0, 0.1) is 0 Å². The molecule has 1 heterocycles. The zero-order valence-corrected chi connectivity index (χ0v) is 18.7. The molecule has 0 spiro atoms. The number of sulfonamides is 1. The average molecular weight is 476 g/mol. The Labute approximate surface area is 189 Å². The third-order valence-electron chi connectivity index (χ3n) is 4.12. The van der Waals surface area contributed by atoms with Gasteiger partial charge in [0, 0.05) is 25.8 Å². The fourth-order valence-corrected chi connectivity index (χ4v) is 4.58. The van der Waals surface area contributed by atoms with Crippen molar-refractivity contribution < 1.29 is 22.7 Å². The molecular formula is C20H21N5O5S2. The molecule has 0 saturated carbocycles. The Hall–Kier alpha value is -3.35. The number of benzene rings is 2. The first-order chi connectivity index (χ1) is 15.4. The molecule has 0 radical (unpaired) electrons. The van der Waals surface area contributed by atoms with E-state index in [1.165, 1.54) is 12.1 Å². The summed E-state index contributed by atoms with van der Waals surface area (Å²) in [7, 11) is -2.57. The Bertz CT molecular complexity index is 1180. The molecule has 2 aromatic carbocycles. The third-order valence-corrected chi connectivity index (χ3v) is 6.69. The molecule has 0 unspecified atom stereocenters. The predicted octanol–water partition coefficient (Wildman–Crippen LogP) is 2.36. The molecule has 3 N–H and O–H groups in total. The summed E-state index contributed by atoms with van der Waals surface area (Å²) in [6.07, 6.45) is 0.623. The van der Waals surface area contributed by atoms with Crippen molar-refractivity contribution >= 4 is 44.0 Å². The fourth-order valence-electron chi connectivity index (χ4n) is 2.60. The molecule has 12 heteroatoms. The van der Waals surface area contributed by atoms with Gasteiger partial charge in [-0.25, -0.2) is 0 Å². The highest BCUT2D eigenvalue weighted by molar-refractivity contribution is 7.94.